The Morgan fingerprint density at radius 2 is 1.98 bits per heavy atom. The summed E-state index contributed by atoms with van der Waals surface area (Å²) < 4.78 is 21.5. The number of nitroso groups, excluding NO2 is 1. The molecule has 12 nitrogen and oxygen atoms in total. The summed E-state index contributed by atoms with van der Waals surface area (Å²) in [5.41, 5.74) is 0.349. The molecule has 13 heteroatoms. The number of hydrogen-bond donors (Lipinski definition) is 2. The van der Waals surface area contributed by atoms with Gasteiger partial charge in [0, 0.05) is 34.1 Å². The fraction of sp³-hybridized carbons (Fsp3) is 0.605. The van der Waals surface area contributed by atoms with Crippen LogP contribution in [0.15, 0.2) is 35.5 Å². The van der Waals surface area contributed by atoms with E-state index in [4.69, 9.17) is 19.2 Å². The summed E-state index contributed by atoms with van der Waals surface area (Å²) in [7, 11) is 1.17. The first-order valence-electron chi connectivity index (χ1n) is 18.2. The van der Waals surface area contributed by atoms with Crippen molar-refractivity contribution in [1.29, 1.82) is 0 Å². The quantitative estimate of drug-likeness (QED) is 0.185. The average molecular weight is 722 g/mol. The molecule has 6 rings (SSSR count). The van der Waals surface area contributed by atoms with E-state index in [1.165, 1.54) is 4.90 Å². The number of carbonyl (C=O) groups is 3. The molecule has 3 amide bonds. The standard InChI is InChI=1S/C38H51N5O7S/c1-7-51(37(5)17-18-37)42-36(46)38-21-25(38)13-11-9-8-10-12-14-28(41-47)35(45)43-22-26(19-29(43)34(44)40-38)50-31-20-32(49-23(2)3)39-33-24(4)30(48-6)16-15-27(31)33/h7,11,13,15-16,20,23,25-26,28-29H,8-10,12,14,17-19,21-22H2,1-6H3,(H,40,44)(H,42,46)/b13-11-/t25-,26-,28+,29+,38-,51?/m1/s1. The summed E-state index contributed by atoms with van der Waals surface area (Å²) in [6, 6.07) is 3.36. The normalized spacial score (nSPS) is 28.8. The van der Waals surface area contributed by atoms with Crippen molar-refractivity contribution in [3.8, 4) is 17.4 Å². The molecule has 1 aromatic heterocycles. The molecule has 0 spiro atoms. The maximum absolute atomic E-state index is 14.4. The van der Waals surface area contributed by atoms with Gasteiger partial charge in [0.15, 0.2) is 6.04 Å². The van der Waals surface area contributed by atoms with Gasteiger partial charge >= 0.3 is 0 Å². The van der Waals surface area contributed by atoms with Crippen LogP contribution >= 0.6 is 10.7 Å². The first-order valence-corrected chi connectivity index (χ1v) is 19.5. The molecule has 1 unspecified atom stereocenters. The van der Waals surface area contributed by atoms with Gasteiger partial charge in [0.2, 0.25) is 11.8 Å². The van der Waals surface area contributed by atoms with Crippen LogP contribution in [0.4, 0.5) is 0 Å². The Labute approximate surface area is 302 Å². The zero-order chi connectivity index (χ0) is 36.5. The molecule has 0 radical (unpaired) electrons. The van der Waals surface area contributed by atoms with Gasteiger partial charge in [-0.2, -0.15) is 0 Å². The summed E-state index contributed by atoms with van der Waals surface area (Å²) in [4.78, 5) is 60.7. The van der Waals surface area contributed by atoms with Crippen LogP contribution in [0.2, 0.25) is 0 Å². The van der Waals surface area contributed by atoms with Crippen LogP contribution in [0.25, 0.3) is 10.9 Å². The molecular formula is C38H51N5O7S. The van der Waals surface area contributed by atoms with Gasteiger partial charge in [-0.15, -0.1) is 4.91 Å². The highest BCUT2D eigenvalue weighted by Crippen LogP contribution is 2.52. The van der Waals surface area contributed by atoms with Crippen LogP contribution in [-0.2, 0) is 14.4 Å². The van der Waals surface area contributed by atoms with Gasteiger partial charge in [0.1, 0.15) is 29.2 Å². The van der Waals surface area contributed by atoms with Gasteiger partial charge < -0.3 is 29.1 Å². The maximum Gasteiger partial charge on any atom is 0.255 e. The smallest absolute Gasteiger partial charge is 0.255 e. The number of fused-ring (bicyclic) bond motifs is 3. The number of methoxy groups -OCH3 is 1. The van der Waals surface area contributed by atoms with E-state index in [9.17, 15) is 19.3 Å². The molecule has 6 atom stereocenters. The SMILES string of the molecule is C/C=S(/NC(=O)[C@@]12C[C@H]1/C=C\CCCCC[C@H](N=O)C(=O)N1C[C@H](Oc3cc(OC(C)C)nc4c(C)c(OC)ccc34)C[C@H]1C(=O)N2)C1(C)CC1. The molecule has 2 N–H and O–H groups in total. The van der Waals surface area contributed by atoms with E-state index in [2.05, 4.69) is 28.2 Å². The Bertz CT molecular complexity index is 1760. The third kappa shape index (κ3) is 7.64. The molecule has 4 aliphatic rings. The molecule has 1 aromatic carbocycles. The predicted molar refractivity (Wildman–Crippen MR) is 199 cm³/mol. The van der Waals surface area contributed by atoms with Crippen LogP contribution in [0.5, 0.6) is 17.4 Å². The minimum atomic E-state index is -1.12. The number of nitrogens with one attached hydrogen (secondary N) is 2. The average Bonchev–Trinajstić information content (AvgIpc) is 3.97. The lowest BCUT2D eigenvalue weighted by Crippen LogP contribution is -2.56. The second kappa shape index (κ2) is 14.9. The number of aromatic nitrogens is 1. The van der Waals surface area contributed by atoms with Crippen LogP contribution in [-0.4, -0.2) is 81.2 Å². The summed E-state index contributed by atoms with van der Waals surface area (Å²) in [6.45, 7) is 9.94. The van der Waals surface area contributed by atoms with Gasteiger partial charge in [0.25, 0.3) is 11.8 Å². The highest BCUT2D eigenvalue weighted by molar-refractivity contribution is 8.15. The van der Waals surface area contributed by atoms with Crippen LogP contribution in [0, 0.1) is 17.7 Å². The van der Waals surface area contributed by atoms with E-state index in [1.54, 1.807) is 13.2 Å². The Morgan fingerprint density at radius 3 is 2.67 bits per heavy atom. The predicted octanol–water partition coefficient (Wildman–Crippen LogP) is 5.89. The number of nitrogens with zero attached hydrogens (tertiary/aromatic N) is 3. The van der Waals surface area contributed by atoms with Gasteiger partial charge in [0.05, 0.1) is 25.3 Å². The minimum absolute atomic E-state index is 0.0437. The lowest BCUT2D eigenvalue weighted by atomic mass is 10.1. The molecule has 2 saturated carbocycles. The summed E-state index contributed by atoms with van der Waals surface area (Å²) in [6.07, 6.45) is 9.60. The first kappa shape index (κ1) is 36.8. The van der Waals surface area contributed by atoms with Crippen LogP contribution in [0.1, 0.15) is 91.0 Å². The maximum atomic E-state index is 14.4. The van der Waals surface area contributed by atoms with Crippen molar-refractivity contribution in [3.05, 3.63) is 40.8 Å². The lowest BCUT2D eigenvalue weighted by molar-refractivity contribution is -0.140. The van der Waals surface area contributed by atoms with Crippen molar-refractivity contribution in [3.63, 3.8) is 0 Å². The van der Waals surface area contributed by atoms with E-state index in [0.717, 1.165) is 43.1 Å². The second-order valence-electron chi connectivity index (χ2n) is 14.8. The molecule has 51 heavy (non-hydrogen) atoms. The van der Waals surface area contributed by atoms with Crippen molar-refractivity contribution in [2.45, 2.75) is 127 Å². The van der Waals surface area contributed by atoms with Crippen molar-refractivity contribution < 1.29 is 28.6 Å². The molecule has 3 fully saturated rings. The van der Waals surface area contributed by atoms with E-state index in [-0.39, 0.29) is 35.6 Å². The van der Waals surface area contributed by atoms with Crippen LogP contribution in [0.3, 0.4) is 0 Å². The molecular weight excluding hydrogens is 671 g/mol. The summed E-state index contributed by atoms with van der Waals surface area (Å²) in [5.74, 6) is 0.236. The number of aryl methyl sites for hydroxylation is 1. The van der Waals surface area contributed by atoms with Crippen molar-refractivity contribution in [2.24, 2.45) is 11.1 Å². The number of hydrogen-bond acceptors (Lipinski definition) is 9. The Hall–Kier alpha value is -4.00. The molecule has 2 aromatic rings. The Morgan fingerprint density at radius 1 is 1.20 bits per heavy atom. The van der Waals surface area contributed by atoms with E-state index >= 15 is 0 Å². The number of pyridine rings is 1. The van der Waals surface area contributed by atoms with Gasteiger partial charge in [-0.25, -0.2) is 4.98 Å². The fourth-order valence-electron chi connectivity index (χ4n) is 7.32. The molecule has 1 saturated heterocycles. The van der Waals surface area contributed by atoms with Crippen molar-refractivity contribution in [1.82, 2.24) is 19.9 Å². The monoisotopic (exact) mass is 721 g/mol. The number of benzene rings is 1. The van der Waals surface area contributed by atoms with Crippen molar-refractivity contribution in [2.75, 3.05) is 13.7 Å². The van der Waals surface area contributed by atoms with Gasteiger partial charge in [-0.3, -0.25) is 14.4 Å². The fourth-order valence-corrected chi connectivity index (χ4v) is 9.18. The molecule has 3 heterocycles. The van der Waals surface area contributed by atoms with Gasteiger partial charge in [-0.05, 0) is 90.6 Å². The zero-order valence-electron chi connectivity index (χ0n) is 30.5. The molecule has 0 bridgehead atoms. The topological polar surface area (TPSA) is 149 Å². The number of amides is 3. The van der Waals surface area contributed by atoms with Gasteiger partial charge in [-0.1, -0.05) is 40.8 Å². The minimum Gasteiger partial charge on any atom is -0.496 e. The van der Waals surface area contributed by atoms with E-state index in [0.29, 0.717) is 42.2 Å². The first-order chi connectivity index (χ1) is 24.4. The number of rotatable bonds is 9. The second-order valence-corrected chi connectivity index (χ2v) is 17.1. The van der Waals surface area contributed by atoms with E-state index in [1.807, 2.05) is 51.3 Å². The number of ether oxygens (including phenoxy) is 3. The summed E-state index contributed by atoms with van der Waals surface area (Å²) >= 11 is 0. The molecule has 2 aliphatic carbocycles. The lowest BCUT2D eigenvalue weighted by Gasteiger charge is -2.28. The van der Waals surface area contributed by atoms with Crippen LogP contribution < -0.4 is 24.2 Å². The number of carbonyl (C=O) groups excluding carboxylic acids is 3. The largest absolute Gasteiger partial charge is 0.496 e. The third-order valence-electron chi connectivity index (χ3n) is 10.7. The zero-order valence-corrected chi connectivity index (χ0v) is 31.3. The van der Waals surface area contributed by atoms with Crippen molar-refractivity contribution >= 4 is 44.7 Å². The Kier molecular flexibility index (Phi) is 10.8. The summed E-state index contributed by atoms with van der Waals surface area (Å²) in [5, 5.41) is 9.11. The Balaban J connectivity index is 1.32. The highest BCUT2D eigenvalue weighted by Gasteiger charge is 2.61. The third-order valence-corrected chi connectivity index (χ3v) is 13.0. The molecule has 276 valence electrons. The highest BCUT2D eigenvalue weighted by atomic mass is 32.2. The number of allylic oxidation sites excluding steroid dienone is 1. The van der Waals surface area contributed by atoms with E-state index < -0.39 is 46.2 Å². The molecule has 2 aliphatic heterocycles.